The molecule has 0 atom stereocenters. The summed E-state index contributed by atoms with van der Waals surface area (Å²) in [5.41, 5.74) is 2.37. The van der Waals surface area contributed by atoms with Crippen molar-refractivity contribution in [1.82, 2.24) is 30.0 Å². The molecule has 5 rings (SSSR count). The minimum atomic E-state index is -3.59. The van der Waals surface area contributed by atoms with E-state index in [0.717, 1.165) is 50.2 Å². The SMILES string of the molecule is CC(C)S(=O)(=O)c1nn(C)cc1Nc1ncnc(Nc2ccc(C3CCNCC3)cc2OC2CC2)n1. The average Bonchev–Trinajstić information content (AvgIpc) is 3.60. The van der Waals surface area contributed by atoms with Crippen LogP contribution in [-0.2, 0) is 16.9 Å². The Hall–Kier alpha value is -3.25. The number of ether oxygens (including phenoxy) is 1. The zero-order valence-corrected chi connectivity index (χ0v) is 21.5. The molecule has 0 unspecified atom stereocenters. The molecule has 3 heterocycles. The van der Waals surface area contributed by atoms with Gasteiger partial charge in [0.15, 0.2) is 0 Å². The lowest BCUT2D eigenvalue weighted by atomic mass is 9.90. The van der Waals surface area contributed by atoms with Crippen molar-refractivity contribution in [2.24, 2.45) is 7.05 Å². The molecule has 1 aromatic carbocycles. The third kappa shape index (κ3) is 5.44. The van der Waals surface area contributed by atoms with Crippen LogP contribution < -0.4 is 20.7 Å². The van der Waals surface area contributed by atoms with Gasteiger partial charge in [-0.15, -0.1) is 0 Å². The molecule has 11 nitrogen and oxygen atoms in total. The number of aryl methyl sites for hydroxylation is 1. The zero-order valence-electron chi connectivity index (χ0n) is 20.7. The first-order valence-electron chi connectivity index (χ1n) is 12.3. The molecule has 0 amide bonds. The normalized spacial score (nSPS) is 16.8. The molecule has 0 bridgehead atoms. The van der Waals surface area contributed by atoms with Crippen molar-refractivity contribution in [2.45, 2.75) is 61.8 Å². The number of piperidine rings is 1. The molecule has 1 aliphatic carbocycles. The third-order valence-electron chi connectivity index (χ3n) is 6.38. The summed E-state index contributed by atoms with van der Waals surface area (Å²) < 4.78 is 33.1. The Bertz CT molecular complexity index is 1330. The summed E-state index contributed by atoms with van der Waals surface area (Å²) in [6, 6.07) is 6.28. The van der Waals surface area contributed by atoms with Crippen LogP contribution in [0, 0.1) is 0 Å². The first kappa shape index (κ1) is 24.4. The molecule has 2 aromatic heterocycles. The lowest BCUT2D eigenvalue weighted by Gasteiger charge is -2.24. The molecule has 192 valence electrons. The molecule has 2 fully saturated rings. The maximum absolute atomic E-state index is 12.7. The number of benzene rings is 1. The molecule has 3 N–H and O–H groups in total. The first-order valence-corrected chi connectivity index (χ1v) is 13.9. The highest BCUT2D eigenvalue weighted by molar-refractivity contribution is 7.92. The van der Waals surface area contributed by atoms with Crippen LogP contribution in [0.15, 0.2) is 35.7 Å². The Morgan fingerprint density at radius 2 is 1.75 bits per heavy atom. The van der Waals surface area contributed by atoms with Gasteiger partial charge in [-0.2, -0.15) is 10.1 Å². The Labute approximate surface area is 211 Å². The van der Waals surface area contributed by atoms with E-state index in [2.05, 4.69) is 48.1 Å². The second-order valence-electron chi connectivity index (χ2n) is 9.60. The molecule has 0 spiro atoms. The number of nitrogens with one attached hydrogen (secondary N) is 3. The van der Waals surface area contributed by atoms with Crippen molar-refractivity contribution in [1.29, 1.82) is 0 Å². The van der Waals surface area contributed by atoms with Crippen LogP contribution in [0.4, 0.5) is 23.3 Å². The largest absolute Gasteiger partial charge is 0.488 e. The smallest absolute Gasteiger partial charge is 0.232 e. The van der Waals surface area contributed by atoms with Crippen LogP contribution in [0.1, 0.15) is 51.0 Å². The number of anilines is 4. The molecular weight excluding hydrogens is 480 g/mol. The van der Waals surface area contributed by atoms with Crippen molar-refractivity contribution in [3.8, 4) is 5.75 Å². The van der Waals surface area contributed by atoms with E-state index in [0.29, 0.717) is 17.6 Å². The van der Waals surface area contributed by atoms with Crippen LogP contribution in [0.25, 0.3) is 0 Å². The van der Waals surface area contributed by atoms with Gasteiger partial charge in [-0.1, -0.05) is 6.07 Å². The Morgan fingerprint density at radius 1 is 1.06 bits per heavy atom. The molecule has 12 heteroatoms. The van der Waals surface area contributed by atoms with Gasteiger partial charge >= 0.3 is 0 Å². The van der Waals surface area contributed by atoms with E-state index in [1.807, 2.05) is 6.07 Å². The van der Waals surface area contributed by atoms with Gasteiger partial charge in [-0.05, 0) is 76.2 Å². The van der Waals surface area contributed by atoms with Crippen molar-refractivity contribution in [3.63, 3.8) is 0 Å². The maximum Gasteiger partial charge on any atom is 0.232 e. The summed E-state index contributed by atoms with van der Waals surface area (Å²) in [6.07, 6.45) is 7.55. The lowest BCUT2D eigenvalue weighted by Crippen LogP contribution is -2.26. The number of hydrogen-bond donors (Lipinski definition) is 3. The maximum atomic E-state index is 12.7. The minimum absolute atomic E-state index is 0.0384. The monoisotopic (exact) mass is 512 g/mol. The number of nitrogens with zero attached hydrogens (tertiary/aromatic N) is 5. The topological polar surface area (TPSA) is 136 Å². The average molecular weight is 513 g/mol. The minimum Gasteiger partial charge on any atom is -0.488 e. The van der Waals surface area contributed by atoms with Crippen LogP contribution >= 0.6 is 0 Å². The molecular formula is C24H32N8O3S. The fraction of sp³-hybridized carbons (Fsp3) is 0.500. The summed E-state index contributed by atoms with van der Waals surface area (Å²) in [6.45, 7) is 5.30. The van der Waals surface area contributed by atoms with E-state index in [1.165, 1.54) is 16.6 Å². The molecule has 1 aliphatic heterocycles. The Kier molecular flexibility index (Phi) is 6.80. The van der Waals surface area contributed by atoms with Crippen LogP contribution in [0.3, 0.4) is 0 Å². The van der Waals surface area contributed by atoms with E-state index in [-0.39, 0.29) is 17.1 Å². The van der Waals surface area contributed by atoms with Crippen molar-refractivity contribution >= 4 is 33.1 Å². The molecule has 2 aliphatic rings. The van der Waals surface area contributed by atoms with Crippen LogP contribution in [-0.4, -0.2) is 57.6 Å². The summed E-state index contributed by atoms with van der Waals surface area (Å²) in [5.74, 6) is 1.84. The summed E-state index contributed by atoms with van der Waals surface area (Å²) in [7, 11) is -1.93. The molecule has 0 radical (unpaired) electrons. The van der Waals surface area contributed by atoms with Gasteiger partial charge in [0.25, 0.3) is 0 Å². The van der Waals surface area contributed by atoms with E-state index in [1.54, 1.807) is 27.1 Å². The summed E-state index contributed by atoms with van der Waals surface area (Å²) in [4.78, 5) is 12.9. The molecule has 1 saturated carbocycles. The van der Waals surface area contributed by atoms with Gasteiger partial charge in [0, 0.05) is 13.2 Å². The summed E-state index contributed by atoms with van der Waals surface area (Å²) >= 11 is 0. The van der Waals surface area contributed by atoms with Gasteiger partial charge in [0.05, 0.1) is 22.7 Å². The van der Waals surface area contributed by atoms with Gasteiger partial charge < -0.3 is 20.7 Å². The van der Waals surface area contributed by atoms with Gasteiger partial charge in [-0.3, -0.25) is 4.68 Å². The standard InChI is InChI=1S/C24H32N8O3S/c1-15(2)36(33,34)22-20(13-32(3)31-22)29-24-27-14-26-23(30-24)28-19-7-4-17(16-8-10-25-11-9-16)12-21(19)35-18-5-6-18/h4,7,12-16,18,25H,5-6,8-11H2,1-3H3,(H2,26,27,28,29,30). The van der Waals surface area contributed by atoms with Crippen LogP contribution in [0.5, 0.6) is 5.75 Å². The van der Waals surface area contributed by atoms with E-state index in [4.69, 9.17) is 4.74 Å². The van der Waals surface area contributed by atoms with Gasteiger partial charge in [0.1, 0.15) is 12.1 Å². The molecule has 3 aromatic rings. The number of aromatic nitrogens is 5. The van der Waals surface area contributed by atoms with Crippen molar-refractivity contribution in [2.75, 3.05) is 23.7 Å². The highest BCUT2D eigenvalue weighted by atomic mass is 32.2. The summed E-state index contributed by atoms with van der Waals surface area (Å²) in [5, 5.41) is 13.1. The predicted molar refractivity (Wildman–Crippen MR) is 137 cm³/mol. The van der Waals surface area contributed by atoms with Gasteiger partial charge in [-0.25, -0.2) is 18.4 Å². The highest BCUT2D eigenvalue weighted by Gasteiger charge is 2.28. The van der Waals surface area contributed by atoms with E-state index in [9.17, 15) is 8.42 Å². The number of hydrogen-bond acceptors (Lipinski definition) is 10. The van der Waals surface area contributed by atoms with E-state index < -0.39 is 15.1 Å². The molecule has 36 heavy (non-hydrogen) atoms. The third-order valence-corrected chi connectivity index (χ3v) is 8.47. The van der Waals surface area contributed by atoms with Crippen molar-refractivity contribution < 1.29 is 13.2 Å². The Balaban J connectivity index is 1.38. The predicted octanol–water partition coefficient (Wildman–Crippen LogP) is 3.28. The van der Waals surface area contributed by atoms with E-state index >= 15 is 0 Å². The van der Waals surface area contributed by atoms with Crippen LogP contribution in [0.2, 0.25) is 0 Å². The fourth-order valence-corrected chi connectivity index (χ4v) is 5.26. The van der Waals surface area contributed by atoms with Gasteiger partial charge in [0.2, 0.25) is 26.8 Å². The lowest BCUT2D eigenvalue weighted by molar-refractivity contribution is 0.304. The molecule has 1 saturated heterocycles. The number of sulfone groups is 1. The second-order valence-corrected chi connectivity index (χ2v) is 12.0. The van der Waals surface area contributed by atoms with Crippen molar-refractivity contribution in [3.05, 3.63) is 36.3 Å². The highest BCUT2D eigenvalue weighted by Crippen LogP contribution is 2.37. The Morgan fingerprint density at radius 3 is 2.42 bits per heavy atom. The quantitative estimate of drug-likeness (QED) is 0.392. The fourth-order valence-electron chi connectivity index (χ4n) is 4.16. The number of rotatable bonds is 9. The zero-order chi connectivity index (χ0) is 25.3. The second kappa shape index (κ2) is 10.0. The first-order chi connectivity index (χ1) is 17.3.